The normalized spacial score (nSPS) is 16.1. The number of allylic oxidation sites excluding steroid dienone is 2. The number of hydrogen-bond acceptors (Lipinski definition) is 3. The lowest BCUT2D eigenvalue weighted by molar-refractivity contribution is 0.589. The van der Waals surface area contributed by atoms with Crippen molar-refractivity contribution in [2.45, 2.75) is 105 Å². The van der Waals surface area contributed by atoms with Gasteiger partial charge in [-0.1, -0.05) is 156 Å². The molecule has 0 amide bonds. The van der Waals surface area contributed by atoms with Crippen molar-refractivity contribution in [2.75, 3.05) is 0 Å². The van der Waals surface area contributed by atoms with Crippen LogP contribution in [0, 0.1) is 45.9 Å². The average molecular weight is 1160 g/mol. The third-order valence-corrected chi connectivity index (χ3v) is 12.5. The first-order chi connectivity index (χ1) is 32.7. The molecule has 350 valence electrons. The lowest BCUT2D eigenvalue weighted by Gasteiger charge is -2.22. The number of benzene rings is 5. The van der Waals surface area contributed by atoms with Crippen LogP contribution in [0.5, 0.6) is 0 Å². The summed E-state index contributed by atoms with van der Waals surface area (Å²) < 4.78 is 2.46. The molecule has 0 spiro atoms. The Morgan fingerprint density at radius 1 is 0.414 bits per heavy atom. The van der Waals surface area contributed by atoms with Crippen molar-refractivity contribution in [3.63, 3.8) is 0 Å². The number of thiocarbonyl (C=S) groups is 1. The van der Waals surface area contributed by atoms with Gasteiger partial charge in [-0.25, -0.2) is 14.5 Å². The van der Waals surface area contributed by atoms with Crippen LogP contribution in [-0.2, 0) is 21.7 Å². The van der Waals surface area contributed by atoms with E-state index >= 15 is 0 Å². The summed E-state index contributed by atoms with van der Waals surface area (Å²) in [5.41, 5.74) is 12.6. The molecule has 0 fully saturated rings. The quantitative estimate of drug-likeness (QED) is 0.0672. The molecule has 0 saturated carbocycles. The van der Waals surface area contributed by atoms with Gasteiger partial charge in [-0.05, 0) is 205 Å². The van der Waals surface area contributed by atoms with Gasteiger partial charge >= 0.3 is 0 Å². The zero-order valence-electron chi connectivity index (χ0n) is 42.0. The highest BCUT2D eigenvalue weighted by Gasteiger charge is 2.22. The van der Waals surface area contributed by atoms with Gasteiger partial charge in [0.1, 0.15) is 0 Å². The standard InChI is InChI=1S/C61H56IN5.CHIS/c1-58(2,3)50-23-38-16-43(31-50)48(36-63)22-39-18-45(32-51(24-39)59(4,5)6)55(65-13)28-40-19-46(33-52(25-40)60(7,8)9)56(66-14)29-41-20-47(34-53(26-41)61(10,11)12)57(67-15)30-42-17-44(35-54(62)27-42)49(21-38)37-64;2-1-3/h16-35H,1-12H3;1H/b48-22?,49-21+,55-28-,56-29-,57-30-;. The van der Waals surface area contributed by atoms with Crippen LogP contribution in [-0.4, -0.2) is 3.37 Å². The van der Waals surface area contributed by atoms with Gasteiger partial charge in [0.15, 0.2) is 17.1 Å². The SMILES string of the molecule is S=CI.[C-]#[N+]/C1=C\c2cc(cc(C(C)(C)C)c2)/C([N+]#[C-])=C/c2cc(cc(C(C)(C)C)c2)/C([N+]#[C-])=C/c2cc(I)cc(c2)/C(C#N)=C/c2cc(cc(C(C)(C)C)c2)C(C#N)=Cc2cc1cc(C(C)(C)C)c2. The largest absolute Gasteiger partial charge is 0.238 e. The molecular formula is C62H57I2N5S. The third kappa shape index (κ3) is 14.0. The molecule has 5 nitrogen and oxygen atoms in total. The van der Waals surface area contributed by atoms with Crippen LogP contribution in [0.2, 0.25) is 0 Å². The fraction of sp³-hybridized carbons (Fsp3) is 0.258. The van der Waals surface area contributed by atoms with Crippen LogP contribution in [0.15, 0.2) is 91.0 Å². The first-order valence-electron chi connectivity index (χ1n) is 22.7. The summed E-state index contributed by atoms with van der Waals surface area (Å²) in [5.74, 6) is 0. The van der Waals surface area contributed by atoms with Gasteiger partial charge in [-0.15, -0.1) is 0 Å². The highest BCUT2D eigenvalue weighted by molar-refractivity contribution is 14.1. The van der Waals surface area contributed by atoms with Gasteiger partial charge in [0.25, 0.3) is 0 Å². The summed E-state index contributed by atoms with van der Waals surface area (Å²) in [6.45, 7) is 51.1. The van der Waals surface area contributed by atoms with E-state index in [0.717, 1.165) is 70.3 Å². The fourth-order valence-corrected chi connectivity index (χ4v) is 8.53. The lowest BCUT2D eigenvalue weighted by Crippen LogP contribution is -2.12. The lowest BCUT2D eigenvalue weighted by atomic mass is 9.83. The summed E-state index contributed by atoms with van der Waals surface area (Å²) >= 11 is 8.49. The minimum Gasteiger partial charge on any atom is -0.238 e. The highest BCUT2D eigenvalue weighted by Crippen LogP contribution is 2.37. The Bertz CT molecular complexity index is 3250. The molecule has 6 rings (SSSR count). The predicted octanol–water partition coefficient (Wildman–Crippen LogP) is 18.6. The smallest absolute Gasteiger partial charge is 0.194 e. The molecule has 5 aromatic rings. The second-order valence-electron chi connectivity index (χ2n) is 21.5. The topological polar surface area (TPSA) is 60.7 Å². The van der Waals surface area contributed by atoms with Crippen molar-refractivity contribution in [3.8, 4) is 12.1 Å². The van der Waals surface area contributed by atoms with Gasteiger partial charge < -0.3 is 0 Å². The van der Waals surface area contributed by atoms with E-state index in [0.29, 0.717) is 39.4 Å². The molecular weight excluding hydrogens is 1100 g/mol. The van der Waals surface area contributed by atoms with Crippen LogP contribution in [0.1, 0.15) is 161 Å². The molecule has 0 radical (unpaired) electrons. The van der Waals surface area contributed by atoms with Crippen LogP contribution in [0.3, 0.4) is 0 Å². The monoisotopic (exact) mass is 1160 g/mol. The van der Waals surface area contributed by atoms with Gasteiger partial charge in [-0.3, -0.25) is 0 Å². The van der Waals surface area contributed by atoms with Gasteiger partial charge in [0.05, 0.1) is 43.0 Å². The molecule has 0 atom stereocenters. The van der Waals surface area contributed by atoms with E-state index in [1.54, 1.807) is 3.37 Å². The van der Waals surface area contributed by atoms with Crippen LogP contribution in [0.25, 0.3) is 73.2 Å². The number of halogens is 2. The van der Waals surface area contributed by atoms with E-state index in [2.05, 4.69) is 193 Å². The zero-order valence-corrected chi connectivity index (χ0v) is 47.2. The summed E-state index contributed by atoms with van der Waals surface area (Å²) in [7, 11) is 0. The Kier molecular flexibility index (Phi) is 17.4. The third-order valence-electron chi connectivity index (χ3n) is 11.8. The molecule has 1 aliphatic carbocycles. The van der Waals surface area contributed by atoms with Crippen molar-refractivity contribution in [1.29, 1.82) is 10.5 Å². The molecule has 0 N–H and O–H groups in total. The maximum Gasteiger partial charge on any atom is 0.194 e. The molecule has 1 aliphatic rings. The number of rotatable bonds is 0. The molecule has 5 aromatic carbocycles. The summed E-state index contributed by atoms with van der Waals surface area (Å²) in [6, 6.07) is 35.3. The molecule has 8 heteroatoms. The van der Waals surface area contributed by atoms with Gasteiger partial charge in [0, 0.05) is 6.94 Å². The van der Waals surface area contributed by atoms with E-state index in [1.165, 1.54) is 0 Å². The number of nitrogens with zero attached hydrogens (tertiary/aromatic N) is 5. The first-order valence-corrected chi connectivity index (χ1v) is 25.5. The second-order valence-corrected chi connectivity index (χ2v) is 24.5. The van der Waals surface area contributed by atoms with Crippen LogP contribution < -0.4 is 0 Å². The van der Waals surface area contributed by atoms with Gasteiger partial charge in [-0.2, -0.15) is 10.5 Å². The zero-order chi connectivity index (χ0) is 51.9. The fourth-order valence-electron chi connectivity index (χ4n) is 7.83. The molecule has 0 saturated heterocycles. The Morgan fingerprint density at radius 3 is 0.929 bits per heavy atom. The maximum absolute atomic E-state index is 10.9. The van der Waals surface area contributed by atoms with E-state index in [1.807, 2.05) is 95.4 Å². The van der Waals surface area contributed by atoms with Crippen molar-refractivity contribution in [2.24, 2.45) is 0 Å². The molecule has 70 heavy (non-hydrogen) atoms. The Labute approximate surface area is 449 Å². The summed E-state index contributed by atoms with van der Waals surface area (Å²) in [4.78, 5) is 12.3. The number of nitriles is 2. The summed E-state index contributed by atoms with van der Waals surface area (Å²) in [6.07, 6.45) is 9.42. The number of fused-ring (bicyclic) bond motifs is 10. The van der Waals surface area contributed by atoms with E-state index in [9.17, 15) is 10.5 Å². The van der Waals surface area contributed by atoms with E-state index in [-0.39, 0.29) is 21.7 Å². The Balaban J connectivity index is 0.00000296. The molecule has 10 bridgehead atoms. The van der Waals surface area contributed by atoms with E-state index < -0.39 is 0 Å². The minimum absolute atomic E-state index is 0.272. The Hall–Kier alpha value is -6.20. The minimum atomic E-state index is -0.281. The van der Waals surface area contributed by atoms with Gasteiger partial charge in [0.2, 0.25) is 0 Å². The molecule has 0 heterocycles. The van der Waals surface area contributed by atoms with Crippen molar-refractivity contribution < 1.29 is 0 Å². The van der Waals surface area contributed by atoms with Crippen LogP contribution >= 0.6 is 57.4 Å². The average Bonchev–Trinajstić information content (AvgIpc) is 3.28. The molecule has 0 aromatic heterocycles. The van der Waals surface area contributed by atoms with Crippen molar-refractivity contribution in [3.05, 3.63) is 207 Å². The Morgan fingerprint density at radius 2 is 0.657 bits per heavy atom. The molecule has 0 aliphatic heterocycles. The summed E-state index contributed by atoms with van der Waals surface area (Å²) in [5, 5.41) is 21.6. The second kappa shape index (κ2) is 22.3. The highest BCUT2D eigenvalue weighted by atomic mass is 127. The predicted molar refractivity (Wildman–Crippen MR) is 318 cm³/mol. The van der Waals surface area contributed by atoms with E-state index in [4.69, 9.17) is 19.7 Å². The van der Waals surface area contributed by atoms with Crippen molar-refractivity contribution >= 4 is 119 Å². The first kappa shape index (κ1) is 54.7. The number of hydrogen-bond donors (Lipinski definition) is 0. The molecule has 0 unspecified atom stereocenters. The van der Waals surface area contributed by atoms with Crippen LogP contribution in [0.4, 0.5) is 0 Å². The maximum atomic E-state index is 10.9. The van der Waals surface area contributed by atoms with Crippen molar-refractivity contribution in [1.82, 2.24) is 0 Å².